The van der Waals surface area contributed by atoms with Gasteiger partial charge in [-0.05, 0) is 59.7 Å². The van der Waals surface area contributed by atoms with Gasteiger partial charge in [0.15, 0.2) is 11.4 Å². The molecule has 10 heteroatoms. The second-order valence-electron chi connectivity index (χ2n) is 9.23. The van der Waals surface area contributed by atoms with Crippen molar-refractivity contribution >= 4 is 34.2 Å². The van der Waals surface area contributed by atoms with Crippen molar-refractivity contribution in [2.24, 2.45) is 5.92 Å². The molecular weight excluding hydrogens is 472 g/mol. The number of hydrogen-bond acceptors (Lipinski definition) is 6. The highest BCUT2D eigenvalue weighted by Gasteiger charge is 2.24. The first-order valence-corrected chi connectivity index (χ1v) is 12.1. The highest BCUT2D eigenvalue weighted by molar-refractivity contribution is 6.15. The van der Waals surface area contributed by atoms with Crippen LogP contribution in [0.4, 0.5) is 5.69 Å². The van der Waals surface area contributed by atoms with Crippen LogP contribution in [0.1, 0.15) is 61.7 Å². The van der Waals surface area contributed by atoms with Gasteiger partial charge in [-0.1, -0.05) is 42.0 Å². The molecule has 2 aromatic carbocycles. The van der Waals surface area contributed by atoms with Gasteiger partial charge in [0, 0.05) is 18.3 Å². The number of carbonyl (C=O) groups excluding carboxylic acids is 2. The molecule has 3 N–H and O–H groups in total. The zero-order valence-corrected chi connectivity index (χ0v) is 20.3. The molecule has 2 amide bonds. The molecule has 37 heavy (non-hydrogen) atoms. The molecule has 0 saturated heterocycles. The van der Waals surface area contributed by atoms with Crippen LogP contribution >= 0.6 is 0 Å². The molecule has 1 aliphatic rings. The predicted octanol–water partition coefficient (Wildman–Crippen LogP) is 3.66. The maximum atomic E-state index is 13.5. The van der Waals surface area contributed by atoms with E-state index in [1.807, 2.05) is 30.3 Å². The largest absolute Gasteiger partial charge is 0.477 e. The summed E-state index contributed by atoms with van der Waals surface area (Å²) < 4.78 is 1.70. The first-order valence-electron chi connectivity index (χ1n) is 12.1. The fourth-order valence-electron chi connectivity index (χ4n) is 4.49. The maximum absolute atomic E-state index is 13.5. The average Bonchev–Trinajstić information content (AvgIpc) is 3.36. The molecule has 1 saturated carbocycles. The lowest BCUT2D eigenvalue weighted by molar-refractivity contribution is 0.0689. The number of pyridine rings is 1. The summed E-state index contributed by atoms with van der Waals surface area (Å²) in [6.07, 6.45) is 6.61. The monoisotopic (exact) mass is 498 g/mol. The number of carboxylic acids is 1. The van der Waals surface area contributed by atoms with E-state index >= 15 is 0 Å². The van der Waals surface area contributed by atoms with Crippen LogP contribution in [0.2, 0.25) is 0 Å². The molecule has 4 aromatic rings. The Labute approximate surface area is 212 Å². The first-order chi connectivity index (χ1) is 17.9. The Morgan fingerprint density at radius 3 is 2.51 bits per heavy atom. The van der Waals surface area contributed by atoms with E-state index in [0.29, 0.717) is 30.1 Å². The van der Waals surface area contributed by atoms with Crippen LogP contribution in [0.3, 0.4) is 0 Å². The Balaban J connectivity index is 1.47. The number of carbonyl (C=O) groups is 3. The van der Waals surface area contributed by atoms with Gasteiger partial charge in [0.1, 0.15) is 0 Å². The van der Waals surface area contributed by atoms with Gasteiger partial charge in [0.2, 0.25) is 0 Å². The van der Waals surface area contributed by atoms with E-state index in [1.54, 1.807) is 30.1 Å². The van der Waals surface area contributed by atoms with Crippen LogP contribution in [0.25, 0.3) is 10.8 Å². The smallest absolute Gasteiger partial charge is 0.354 e. The van der Waals surface area contributed by atoms with Crippen molar-refractivity contribution in [2.45, 2.75) is 32.7 Å². The summed E-state index contributed by atoms with van der Waals surface area (Å²) in [7, 11) is 0. The molecule has 5 rings (SSSR count). The topological polar surface area (TPSA) is 139 Å². The Morgan fingerprint density at radius 2 is 1.84 bits per heavy atom. The minimum Gasteiger partial charge on any atom is -0.477 e. The number of fused-ring (bicyclic) bond motifs is 1. The van der Waals surface area contributed by atoms with Crippen molar-refractivity contribution in [3.63, 3.8) is 0 Å². The number of aromatic carboxylic acids is 1. The van der Waals surface area contributed by atoms with E-state index in [-0.39, 0.29) is 17.1 Å². The molecule has 10 nitrogen and oxygen atoms in total. The summed E-state index contributed by atoms with van der Waals surface area (Å²) in [5, 5.41) is 24.7. The van der Waals surface area contributed by atoms with E-state index in [1.165, 1.54) is 6.07 Å². The molecule has 0 spiro atoms. The van der Waals surface area contributed by atoms with Gasteiger partial charge < -0.3 is 15.7 Å². The van der Waals surface area contributed by atoms with Crippen molar-refractivity contribution in [1.82, 2.24) is 25.3 Å². The molecular formula is C27H26N6O4. The van der Waals surface area contributed by atoms with Crippen LogP contribution in [0, 0.1) is 12.8 Å². The Hall–Kier alpha value is -4.60. The highest BCUT2D eigenvalue weighted by atomic mass is 16.4. The molecule has 0 unspecified atom stereocenters. The standard InChI is InChI=1S/C27H26N6O4/c1-16-13-22(24(31-23(16)27(36)37)26(35)28-14-17-5-4-6-17)30-25(34)21-10-9-18(15-33-12-11-29-32-33)19-7-2-3-8-20(19)21/h2-3,7-13,17H,4-6,14-15H2,1H3,(H,28,35)(H,30,34)(H,36,37). The van der Waals surface area contributed by atoms with Gasteiger partial charge in [0.25, 0.3) is 11.8 Å². The molecule has 1 fully saturated rings. The zero-order chi connectivity index (χ0) is 25.9. The van der Waals surface area contributed by atoms with Crippen LogP contribution in [-0.4, -0.2) is 49.4 Å². The Kier molecular flexibility index (Phi) is 6.63. The second-order valence-corrected chi connectivity index (χ2v) is 9.23. The third kappa shape index (κ3) is 5.04. The van der Waals surface area contributed by atoms with Gasteiger partial charge in [-0.25, -0.2) is 14.5 Å². The van der Waals surface area contributed by atoms with Crippen LogP contribution in [0.5, 0.6) is 0 Å². The van der Waals surface area contributed by atoms with E-state index in [2.05, 4.69) is 25.9 Å². The summed E-state index contributed by atoms with van der Waals surface area (Å²) in [4.78, 5) is 42.2. The number of aryl methyl sites for hydroxylation is 1. The number of nitrogens with zero attached hydrogens (tertiary/aromatic N) is 4. The van der Waals surface area contributed by atoms with Gasteiger partial charge in [-0.15, -0.1) is 5.10 Å². The lowest BCUT2D eigenvalue weighted by atomic mass is 9.85. The quantitative estimate of drug-likeness (QED) is 0.337. The van der Waals surface area contributed by atoms with Crippen LogP contribution in [-0.2, 0) is 6.54 Å². The van der Waals surface area contributed by atoms with Gasteiger partial charge in [-0.2, -0.15) is 0 Å². The van der Waals surface area contributed by atoms with Crippen molar-refractivity contribution in [3.05, 3.63) is 82.9 Å². The SMILES string of the molecule is Cc1cc(NC(=O)c2ccc(Cn3ccnn3)c3ccccc23)c(C(=O)NCC2CCC2)nc1C(=O)O. The fraction of sp³-hybridized carbons (Fsp3) is 0.259. The van der Waals surface area contributed by atoms with E-state index < -0.39 is 17.8 Å². The third-order valence-electron chi connectivity index (χ3n) is 6.72. The molecule has 2 aromatic heterocycles. The van der Waals surface area contributed by atoms with Gasteiger partial charge >= 0.3 is 5.97 Å². The van der Waals surface area contributed by atoms with Crippen molar-refractivity contribution in [2.75, 3.05) is 11.9 Å². The Bertz CT molecular complexity index is 1490. The molecule has 0 bridgehead atoms. The molecule has 2 heterocycles. The lowest BCUT2D eigenvalue weighted by Crippen LogP contribution is -2.33. The molecule has 0 radical (unpaired) electrons. The van der Waals surface area contributed by atoms with E-state index in [9.17, 15) is 19.5 Å². The minimum atomic E-state index is -1.24. The average molecular weight is 499 g/mol. The van der Waals surface area contributed by atoms with E-state index in [0.717, 1.165) is 35.6 Å². The molecule has 188 valence electrons. The van der Waals surface area contributed by atoms with Gasteiger partial charge in [-0.3, -0.25) is 9.59 Å². The number of hydrogen-bond donors (Lipinski definition) is 3. The van der Waals surface area contributed by atoms with Crippen molar-refractivity contribution in [1.29, 1.82) is 0 Å². The summed E-state index contributed by atoms with van der Waals surface area (Å²) in [5.41, 5.74) is 1.54. The number of amides is 2. The number of benzene rings is 2. The minimum absolute atomic E-state index is 0.122. The number of rotatable bonds is 8. The van der Waals surface area contributed by atoms with Crippen molar-refractivity contribution < 1.29 is 19.5 Å². The molecule has 0 atom stereocenters. The fourth-order valence-corrected chi connectivity index (χ4v) is 4.49. The number of aromatic nitrogens is 4. The maximum Gasteiger partial charge on any atom is 0.354 e. The summed E-state index contributed by atoms with van der Waals surface area (Å²) in [6.45, 7) is 2.56. The normalized spacial score (nSPS) is 13.2. The van der Waals surface area contributed by atoms with E-state index in [4.69, 9.17) is 0 Å². The zero-order valence-electron chi connectivity index (χ0n) is 20.3. The van der Waals surface area contributed by atoms with Gasteiger partial charge in [0.05, 0.1) is 18.4 Å². The highest BCUT2D eigenvalue weighted by Crippen LogP contribution is 2.27. The predicted molar refractivity (Wildman–Crippen MR) is 137 cm³/mol. The van der Waals surface area contributed by atoms with Crippen molar-refractivity contribution in [3.8, 4) is 0 Å². The number of carboxylic acid groups (broad SMARTS) is 1. The lowest BCUT2D eigenvalue weighted by Gasteiger charge is -2.25. The number of anilines is 1. The third-order valence-corrected chi connectivity index (χ3v) is 6.72. The number of nitrogens with one attached hydrogen (secondary N) is 2. The Morgan fingerprint density at radius 1 is 1.05 bits per heavy atom. The molecule has 1 aliphatic carbocycles. The van der Waals surface area contributed by atoms with Crippen LogP contribution < -0.4 is 10.6 Å². The second kappa shape index (κ2) is 10.2. The summed E-state index contributed by atoms with van der Waals surface area (Å²) in [5.74, 6) is -1.77. The summed E-state index contributed by atoms with van der Waals surface area (Å²) in [6, 6.07) is 12.6. The molecule has 0 aliphatic heterocycles. The van der Waals surface area contributed by atoms with Crippen LogP contribution in [0.15, 0.2) is 54.9 Å². The summed E-state index contributed by atoms with van der Waals surface area (Å²) >= 11 is 0. The first kappa shape index (κ1) is 24.1.